The van der Waals surface area contributed by atoms with Gasteiger partial charge in [0.1, 0.15) is 17.6 Å². The van der Waals surface area contributed by atoms with Crippen molar-refractivity contribution in [3.63, 3.8) is 0 Å². The Morgan fingerprint density at radius 2 is 2.07 bits per heavy atom. The fourth-order valence-electron chi connectivity index (χ4n) is 3.04. The molecule has 2 aromatic heterocycles. The topological polar surface area (TPSA) is 124 Å². The standard InChI is InChI=1S/C17H17FN6O3S/c1-17(9-28(3,25)24(2)16(19)20-17)11-8-10(4-5-12(11)18)14-21-22-15(27-14)13-6-7-26-23-13/h4-8H,3,9H2,1-2H3,(H2,19,20)/t17-,28?/m0/s1. The van der Waals surface area contributed by atoms with E-state index in [-0.39, 0.29) is 29.1 Å². The fraction of sp³-hybridized carbons (Fsp3) is 0.235. The van der Waals surface area contributed by atoms with E-state index in [0.717, 1.165) is 0 Å². The number of nitrogens with two attached hydrogens (primary N) is 1. The maximum Gasteiger partial charge on any atom is 0.270 e. The maximum absolute atomic E-state index is 14.7. The van der Waals surface area contributed by atoms with E-state index in [1.54, 1.807) is 20.0 Å². The third kappa shape index (κ3) is 2.93. The van der Waals surface area contributed by atoms with Gasteiger partial charge in [0.2, 0.25) is 11.9 Å². The molecule has 2 N–H and O–H groups in total. The molecule has 0 fully saturated rings. The van der Waals surface area contributed by atoms with Gasteiger partial charge in [-0.1, -0.05) is 5.16 Å². The fourth-order valence-corrected chi connectivity index (χ4v) is 4.71. The first kappa shape index (κ1) is 18.2. The van der Waals surface area contributed by atoms with Gasteiger partial charge >= 0.3 is 0 Å². The number of benzene rings is 1. The van der Waals surface area contributed by atoms with Crippen molar-refractivity contribution in [2.75, 3.05) is 12.8 Å². The summed E-state index contributed by atoms with van der Waals surface area (Å²) >= 11 is 0. The van der Waals surface area contributed by atoms with Crippen LogP contribution in [0.15, 0.2) is 44.5 Å². The Bertz CT molecular complexity index is 1170. The molecular formula is C17H17FN6O3S. The lowest BCUT2D eigenvalue weighted by Crippen LogP contribution is -2.50. The minimum absolute atomic E-state index is 0.00555. The number of nitrogens with zero attached hydrogens (tertiary/aromatic N) is 5. The highest BCUT2D eigenvalue weighted by atomic mass is 32.2. The predicted molar refractivity (Wildman–Crippen MR) is 102 cm³/mol. The van der Waals surface area contributed by atoms with Gasteiger partial charge in [0, 0.05) is 24.2 Å². The third-order valence-electron chi connectivity index (χ3n) is 4.57. The molecule has 1 aromatic carbocycles. The van der Waals surface area contributed by atoms with E-state index in [2.05, 4.69) is 26.2 Å². The SMILES string of the molecule is C=S1(=O)C[C@@](C)(c2cc(-c3nnc(-c4ccon4)o3)ccc2F)N=C(N)N1C. The van der Waals surface area contributed by atoms with Crippen molar-refractivity contribution in [3.05, 3.63) is 41.9 Å². The minimum atomic E-state index is -2.75. The normalized spacial score (nSPS) is 25.0. The monoisotopic (exact) mass is 404 g/mol. The van der Waals surface area contributed by atoms with Crippen LogP contribution >= 0.6 is 0 Å². The van der Waals surface area contributed by atoms with Crippen molar-refractivity contribution >= 4 is 21.5 Å². The molecule has 0 aliphatic carbocycles. The van der Waals surface area contributed by atoms with Gasteiger partial charge in [-0.05, 0) is 31.0 Å². The Labute approximate surface area is 160 Å². The Morgan fingerprint density at radius 1 is 1.32 bits per heavy atom. The highest BCUT2D eigenvalue weighted by molar-refractivity contribution is 7.98. The van der Waals surface area contributed by atoms with Gasteiger partial charge in [-0.3, -0.25) is 4.31 Å². The Hall–Kier alpha value is -3.21. The van der Waals surface area contributed by atoms with E-state index in [0.29, 0.717) is 11.3 Å². The average Bonchev–Trinajstić information content (AvgIpc) is 3.31. The van der Waals surface area contributed by atoms with Crippen molar-refractivity contribution in [2.24, 2.45) is 10.7 Å². The molecule has 0 saturated heterocycles. The lowest BCUT2D eigenvalue weighted by molar-refractivity contribution is 0.419. The second kappa shape index (κ2) is 6.16. The number of halogens is 1. The quantitative estimate of drug-likeness (QED) is 0.658. The molecular weight excluding hydrogens is 387 g/mol. The number of rotatable bonds is 3. The predicted octanol–water partition coefficient (Wildman–Crippen LogP) is 1.64. The summed E-state index contributed by atoms with van der Waals surface area (Å²) in [5.41, 5.74) is 5.81. The number of hydrogen-bond acceptors (Lipinski definition) is 8. The number of hydrogen-bond donors (Lipinski definition) is 1. The summed E-state index contributed by atoms with van der Waals surface area (Å²) in [6.07, 6.45) is 1.38. The van der Waals surface area contributed by atoms with Gasteiger partial charge in [-0.15, -0.1) is 10.2 Å². The lowest BCUT2D eigenvalue weighted by Gasteiger charge is -2.37. The molecule has 11 heteroatoms. The molecule has 9 nitrogen and oxygen atoms in total. The summed E-state index contributed by atoms with van der Waals surface area (Å²) in [5, 5.41) is 11.6. The summed E-state index contributed by atoms with van der Waals surface area (Å²) in [5.74, 6) is 3.60. The number of aromatic nitrogens is 3. The summed E-state index contributed by atoms with van der Waals surface area (Å²) in [6, 6.07) is 5.89. The lowest BCUT2D eigenvalue weighted by atomic mass is 9.92. The Kier molecular flexibility index (Phi) is 4.00. The van der Waals surface area contributed by atoms with Crippen LogP contribution in [-0.4, -0.2) is 48.5 Å². The first-order valence-corrected chi connectivity index (χ1v) is 10.0. The second-order valence-electron chi connectivity index (χ2n) is 6.65. The van der Waals surface area contributed by atoms with Gasteiger partial charge < -0.3 is 14.7 Å². The zero-order valence-electron chi connectivity index (χ0n) is 15.1. The van der Waals surface area contributed by atoms with Gasteiger partial charge in [0.25, 0.3) is 5.89 Å². The average molecular weight is 404 g/mol. The van der Waals surface area contributed by atoms with Gasteiger partial charge in [0.05, 0.1) is 15.5 Å². The molecule has 146 valence electrons. The van der Waals surface area contributed by atoms with E-state index >= 15 is 0 Å². The molecule has 3 aromatic rings. The highest BCUT2D eigenvalue weighted by Crippen LogP contribution is 2.35. The maximum atomic E-state index is 14.7. The van der Waals surface area contributed by atoms with Crippen LogP contribution in [0.4, 0.5) is 4.39 Å². The number of guanidine groups is 1. The summed E-state index contributed by atoms with van der Waals surface area (Å²) in [4.78, 5) is 4.37. The van der Waals surface area contributed by atoms with Crippen LogP contribution in [0.5, 0.6) is 0 Å². The minimum Gasteiger partial charge on any atom is -0.414 e. The molecule has 0 radical (unpaired) electrons. The van der Waals surface area contributed by atoms with Crippen molar-refractivity contribution in [1.82, 2.24) is 19.7 Å². The summed E-state index contributed by atoms with van der Waals surface area (Å²) in [6.45, 7) is 1.66. The zero-order valence-corrected chi connectivity index (χ0v) is 15.9. The van der Waals surface area contributed by atoms with Gasteiger partial charge in [-0.2, -0.15) is 0 Å². The van der Waals surface area contributed by atoms with E-state index in [9.17, 15) is 8.60 Å². The molecule has 0 bridgehead atoms. The highest BCUT2D eigenvalue weighted by Gasteiger charge is 2.39. The smallest absolute Gasteiger partial charge is 0.270 e. The first-order chi connectivity index (χ1) is 13.2. The van der Waals surface area contributed by atoms with Crippen LogP contribution in [0, 0.1) is 5.82 Å². The summed E-state index contributed by atoms with van der Waals surface area (Å²) < 4.78 is 39.2. The van der Waals surface area contributed by atoms with E-state index in [4.69, 9.17) is 14.7 Å². The zero-order chi connectivity index (χ0) is 20.1. The van der Waals surface area contributed by atoms with Crippen LogP contribution in [-0.2, 0) is 15.2 Å². The molecule has 3 heterocycles. The van der Waals surface area contributed by atoms with E-state index < -0.39 is 21.1 Å². The van der Waals surface area contributed by atoms with Gasteiger partial charge in [-0.25, -0.2) is 13.6 Å². The molecule has 28 heavy (non-hydrogen) atoms. The van der Waals surface area contributed by atoms with Crippen LogP contribution in [0.3, 0.4) is 0 Å². The molecule has 1 aliphatic rings. The molecule has 1 aliphatic heterocycles. The van der Waals surface area contributed by atoms with E-state index in [1.807, 2.05) is 0 Å². The van der Waals surface area contributed by atoms with Gasteiger partial charge in [0.15, 0.2) is 5.69 Å². The van der Waals surface area contributed by atoms with Crippen LogP contribution in [0.1, 0.15) is 12.5 Å². The molecule has 0 amide bonds. The largest absolute Gasteiger partial charge is 0.414 e. The van der Waals surface area contributed by atoms with Crippen molar-refractivity contribution < 1.29 is 17.5 Å². The van der Waals surface area contributed by atoms with E-state index in [1.165, 1.54) is 28.8 Å². The number of aliphatic imine (C=N–C) groups is 1. The Morgan fingerprint density at radius 3 is 2.75 bits per heavy atom. The molecule has 0 spiro atoms. The van der Waals surface area contributed by atoms with Crippen LogP contribution < -0.4 is 5.73 Å². The molecule has 0 saturated carbocycles. The molecule has 4 rings (SSSR count). The van der Waals surface area contributed by atoms with Crippen molar-refractivity contribution in [3.8, 4) is 23.0 Å². The first-order valence-electron chi connectivity index (χ1n) is 8.18. The van der Waals surface area contributed by atoms with Crippen molar-refractivity contribution in [2.45, 2.75) is 12.5 Å². The molecule has 1 unspecified atom stereocenters. The Balaban J connectivity index is 1.78. The third-order valence-corrected chi connectivity index (χ3v) is 6.76. The summed E-state index contributed by atoms with van der Waals surface area (Å²) in [7, 11) is -1.20. The molecule has 2 atom stereocenters. The van der Waals surface area contributed by atoms with Crippen molar-refractivity contribution in [1.29, 1.82) is 0 Å². The van der Waals surface area contributed by atoms with Crippen LogP contribution in [0.2, 0.25) is 0 Å². The second-order valence-corrected chi connectivity index (χ2v) is 9.03. The van der Waals surface area contributed by atoms with Crippen LogP contribution in [0.25, 0.3) is 23.0 Å².